The Morgan fingerprint density at radius 2 is 2.23 bits per heavy atom. The maximum atomic E-state index is 5.90. The van der Waals surface area contributed by atoms with Gasteiger partial charge in [-0.1, -0.05) is 25.4 Å². The van der Waals surface area contributed by atoms with Gasteiger partial charge in [-0.2, -0.15) is 0 Å². The number of hydrogen-bond donors (Lipinski definition) is 0. The van der Waals surface area contributed by atoms with E-state index in [2.05, 4.69) is 31.0 Å². The lowest BCUT2D eigenvalue weighted by Gasteiger charge is -2.04. The summed E-state index contributed by atoms with van der Waals surface area (Å²) in [7, 11) is 0. The highest BCUT2D eigenvalue weighted by Gasteiger charge is 2.03. The Morgan fingerprint density at radius 3 is 2.92 bits per heavy atom. The summed E-state index contributed by atoms with van der Waals surface area (Å²) in [5.74, 6) is 0.528. The van der Waals surface area contributed by atoms with Crippen LogP contribution in [0.2, 0.25) is 5.15 Å². The van der Waals surface area contributed by atoms with E-state index >= 15 is 0 Å². The lowest BCUT2D eigenvalue weighted by Crippen LogP contribution is -1.90. The smallest absolute Gasteiger partial charge is 0.138 e. The fourth-order valence-electron chi connectivity index (χ4n) is 1.32. The molecule has 2 heterocycles. The minimum atomic E-state index is 0.528. The molecule has 3 heteroatoms. The number of pyridine rings is 1. The first-order valence-electron chi connectivity index (χ1n) is 4.31. The Bertz CT molecular complexity index is 431. The summed E-state index contributed by atoms with van der Waals surface area (Å²) in [5.41, 5.74) is 2.20. The zero-order valence-electron chi connectivity index (χ0n) is 7.66. The van der Waals surface area contributed by atoms with E-state index in [4.69, 9.17) is 11.6 Å². The van der Waals surface area contributed by atoms with Gasteiger partial charge in [-0.05, 0) is 23.6 Å². The quantitative estimate of drug-likeness (QED) is 0.682. The summed E-state index contributed by atoms with van der Waals surface area (Å²) in [6, 6.07) is 4.14. The third kappa shape index (κ3) is 1.42. The van der Waals surface area contributed by atoms with Gasteiger partial charge >= 0.3 is 0 Å². The van der Waals surface area contributed by atoms with Crippen LogP contribution >= 0.6 is 11.6 Å². The van der Waals surface area contributed by atoms with Crippen molar-refractivity contribution in [1.29, 1.82) is 0 Å². The lowest BCUT2D eigenvalue weighted by molar-refractivity contribution is 0.863. The van der Waals surface area contributed by atoms with Crippen molar-refractivity contribution in [2.75, 3.05) is 0 Å². The van der Waals surface area contributed by atoms with Crippen LogP contribution in [0.5, 0.6) is 0 Å². The molecule has 68 valence electrons. The number of hydrogen-bond acceptors (Lipinski definition) is 1. The summed E-state index contributed by atoms with van der Waals surface area (Å²) >= 11 is 5.90. The predicted molar refractivity (Wildman–Crippen MR) is 54.3 cm³/mol. The third-order valence-electron chi connectivity index (χ3n) is 2.16. The molecule has 0 fully saturated rings. The van der Waals surface area contributed by atoms with Crippen LogP contribution in [0.1, 0.15) is 25.3 Å². The molecule has 2 aromatic rings. The van der Waals surface area contributed by atoms with Gasteiger partial charge in [-0.25, -0.2) is 4.98 Å². The van der Waals surface area contributed by atoms with Gasteiger partial charge in [0.05, 0.1) is 6.20 Å². The third-order valence-corrected chi connectivity index (χ3v) is 2.44. The van der Waals surface area contributed by atoms with E-state index in [1.807, 2.05) is 10.6 Å². The zero-order valence-corrected chi connectivity index (χ0v) is 8.42. The van der Waals surface area contributed by atoms with Gasteiger partial charge in [-0.3, -0.25) is 4.40 Å². The summed E-state index contributed by atoms with van der Waals surface area (Å²) in [6.45, 7) is 4.33. The van der Waals surface area contributed by atoms with E-state index in [-0.39, 0.29) is 0 Å². The van der Waals surface area contributed by atoms with E-state index in [1.165, 1.54) is 5.56 Å². The number of rotatable bonds is 1. The van der Waals surface area contributed by atoms with Crippen molar-refractivity contribution >= 4 is 17.2 Å². The Kier molecular flexibility index (Phi) is 2.00. The minimum Gasteiger partial charge on any atom is -0.291 e. The molecule has 0 saturated carbocycles. The molecule has 2 rings (SSSR count). The minimum absolute atomic E-state index is 0.528. The van der Waals surface area contributed by atoms with Gasteiger partial charge in [0.25, 0.3) is 0 Å². The van der Waals surface area contributed by atoms with Crippen molar-refractivity contribution in [3.05, 3.63) is 35.2 Å². The second-order valence-corrected chi connectivity index (χ2v) is 3.81. The van der Waals surface area contributed by atoms with Crippen molar-refractivity contribution < 1.29 is 0 Å². The zero-order chi connectivity index (χ0) is 9.42. The van der Waals surface area contributed by atoms with E-state index in [0.717, 1.165) is 5.65 Å². The van der Waals surface area contributed by atoms with Crippen molar-refractivity contribution in [3.8, 4) is 0 Å². The number of nitrogens with zero attached hydrogens (tertiary/aromatic N) is 2. The average molecular weight is 195 g/mol. The highest BCUT2D eigenvalue weighted by atomic mass is 35.5. The highest BCUT2D eigenvalue weighted by Crippen LogP contribution is 2.18. The van der Waals surface area contributed by atoms with Crippen molar-refractivity contribution in [2.45, 2.75) is 19.8 Å². The maximum absolute atomic E-state index is 5.90. The van der Waals surface area contributed by atoms with E-state index in [0.29, 0.717) is 11.1 Å². The number of halogens is 1. The summed E-state index contributed by atoms with van der Waals surface area (Å²) < 4.78 is 1.87. The predicted octanol–water partition coefficient (Wildman–Crippen LogP) is 3.11. The average Bonchev–Trinajstić information content (AvgIpc) is 2.47. The SMILES string of the molecule is CC(C)c1ccn2c(Cl)cnc2c1. The van der Waals surface area contributed by atoms with Crippen LogP contribution in [-0.2, 0) is 0 Å². The molecule has 0 aliphatic rings. The monoisotopic (exact) mass is 194 g/mol. The summed E-state index contributed by atoms with van der Waals surface area (Å²) in [4.78, 5) is 4.19. The fraction of sp³-hybridized carbons (Fsp3) is 0.300. The molecule has 0 unspecified atom stereocenters. The van der Waals surface area contributed by atoms with Gasteiger partial charge in [0.15, 0.2) is 0 Å². The Labute approximate surface area is 82.2 Å². The van der Waals surface area contributed by atoms with Gasteiger partial charge in [0, 0.05) is 6.20 Å². The molecular weight excluding hydrogens is 184 g/mol. The van der Waals surface area contributed by atoms with Crippen LogP contribution in [0.15, 0.2) is 24.5 Å². The van der Waals surface area contributed by atoms with Crippen molar-refractivity contribution in [3.63, 3.8) is 0 Å². The topological polar surface area (TPSA) is 17.3 Å². The summed E-state index contributed by atoms with van der Waals surface area (Å²) in [5, 5.41) is 0.658. The molecule has 0 aliphatic heterocycles. The molecule has 0 N–H and O–H groups in total. The summed E-state index contributed by atoms with van der Waals surface area (Å²) in [6.07, 6.45) is 3.63. The largest absolute Gasteiger partial charge is 0.291 e. The molecule has 0 aliphatic carbocycles. The van der Waals surface area contributed by atoms with Crippen LogP contribution in [0.4, 0.5) is 0 Å². The van der Waals surface area contributed by atoms with Crippen LogP contribution in [0.25, 0.3) is 5.65 Å². The maximum Gasteiger partial charge on any atom is 0.138 e. The number of imidazole rings is 1. The van der Waals surface area contributed by atoms with Crippen LogP contribution in [0.3, 0.4) is 0 Å². The molecule has 0 saturated heterocycles. The molecule has 0 radical (unpaired) electrons. The van der Waals surface area contributed by atoms with Crippen LogP contribution < -0.4 is 0 Å². The van der Waals surface area contributed by atoms with E-state index in [9.17, 15) is 0 Å². The van der Waals surface area contributed by atoms with Gasteiger partial charge < -0.3 is 0 Å². The van der Waals surface area contributed by atoms with Gasteiger partial charge in [-0.15, -0.1) is 0 Å². The van der Waals surface area contributed by atoms with Gasteiger partial charge in [0.2, 0.25) is 0 Å². The first-order chi connectivity index (χ1) is 6.18. The molecule has 0 amide bonds. The molecule has 2 nitrogen and oxygen atoms in total. The molecular formula is C10H11ClN2. The first kappa shape index (κ1) is 8.57. The van der Waals surface area contributed by atoms with Crippen molar-refractivity contribution in [1.82, 2.24) is 9.38 Å². The normalized spacial score (nSPS) is 11.4. The lowest BCUT2D eigenvalue weighted by atomic mass is 10.1. The Hall–Kier alpha value is -1.02. The molecule has 2 aromatic heterocycles. The van der Waals surface area contributed by atoms with E-state index in [1.54, 1.807) is 6.20 Å². The van der Waals surface area contributed by atoms with Crippen LogP contribution in [0, 0.1) is 0 Å². The van der Waals surface area contributed by atoms with Gasteiger partial charge in [0.1, 0.15) is 10.8 Å². The molecule has 13 heavy (non-hydrogen) atoms. The molecule has 0 atom stereocenters. The highest BCUT2D eigenvalue weighted by molar-refractivity contribution is 6.29. The first-order valence-corrected chi connectivity index (χ1v) is 4.69. The molecule has 0 spiro atoms. The molecule has 0 bridgehead atoms. The second-order valence-electron chi connectivity index (χ2n) is 3.42. The Morgan fingerprint density at radius 1 is 1.46 bits per heavy atom. The van der Waals surface area contributed by atoms with Crippen LogP contribution in [-0.4, -0.2) is 9.38 Å². The molecule has 0 aromatic carbocycles. The fourth-order valence-corrected chi connectivity index (χ4v) is 1.52. The number of fused-ring (bicyclic) bond motifs is 1. The Balaban J connectivity index is 2.63. The number of aromatic nitrogens is 2. The van der Waals surface area contributed by atoms with Crippen molar-refractivity contribution in [2.24, 2.45) is 0 Å². The second kappa shape index (κ2) is 3.04. The van der Waals surface area contributed by atoms with E-state index < -0.39 is 0 Å². The standard InChI is InChI=1S/C10H11ClN2/c1-7(2)8-3-4-13-9(11)6-12-10(13)5-8/h3-7H,1-2H3.